The van der Waals surface area contributed by atoms with Crippen molar-refractivity contribution < 1.29 is 0 Å². The molecule has 0 aromatic heterocycles. The van der Waals surface area contributed by atoms with Crippen LogP contribution >= 0.6 is 0 Å². The normalized spacial score (nSPS) is 43.8. The van der Waals surface area contributed by atoms with Crippen LogP contribution in [-0.2, 0) is 0 Å². The molecule has 0 heterocycles. The fourth-order valence-electron chi connectivity index (χ4n) is 3.71. The molecule has 3 saturated carbocycles. The van der Waals surface area contributed by atoms with Gasteiger partial charge < -0.3 is 5.32 Å². The summed E-state index contributed by atoms with van der Waals surface area (Å²) in [6.07, 6.45) is 10.4. The van der Waals surface area contributed by atoms with Crippen LogP contribution < -0.4 is 5.32 Å². The van der Waals surface area contributed by atoms with E-state index in [-0.39, 0.29) is 0 Å². The Labute approximate surface area is 81.3 Å². The Hall–Kier alpha value is -0.0400. The molecule has 0 aliphatic heterocycles. The summed E-state index contributed by atoms with van der Waals surface area (Å²) in [6.45, 7) is 1.35. The van der Waals surface area contributed by atoms with Gasteiger partial charge in [-0.25, -0.2) is 0 Å². The van der Waals surface area contributed by atoms with E-state index < -0.39 is 0 Å². The van der Waals surface area contributed by atoms with Crippen molar-refractivity contribution in [3.63, 3.8) is 0 Å². The molecular weight excluding hydrogens is 158 g/mol. The lowest BCUT2D eigenvalue weighted by molar-refractivity contribution is 0.467. The van der Waals surface area contributed by atoms with Crippen molar-refractivity contribution >= 4 is 0 Å². The summed E-state index contributed by atoms with van der Waals surface area (Å²) in [7, 11) is 0. The molecule has 74 valence electrons. The van der Waals surface area contributed by atoms with E-state index in [1.165, 1.54) is 38.6 Å². The largest absolute Gasteiger partial charge is 0.314 e. The van der Waals surface area contributed by atoms with Crippen LogP contribution in [0, 0.1) is 17.8 Å². The van der Waals surface area contributed by atoms with E-state index in [2.05, 4.69) is 5.32 Å². The zero-order valence-corrected chi connectivity index (χ0v) is 8.47. The van der Waals surface area contributed by atoms with E-state index in [1.54, 1.807) is 12.8 Å². The smallest absolute Gasteiger partial charge is 0.00671 e. The molecule has 0 radical (unpaired) electrons. The summed E-state index contributed by atoms with van der Waals surface area (Å²) < 4.78 is 0. The molecule has 0 aromatic carbocycles. The van der Waals surface area contributed by atoms with Gasteiger partial charge in [0.25, 0.3) is 0 Å². The average Bonchev–Trinajstić information content (AvgIpc) is 2.68. The van der Waals surface area contributed by atoms with E-state index in [9.17, 15) is 0 Å². The van der Waals surface area contributed by atoms with Crippen molar-refractivity contribution in [2.75, 3.05) is 6.54 Å². The predicted octanol–water partition coefficient (Wildman–Crippen LogP) is 2.56. The molecule has 0 spiro atoms. The Balaban J connectivity index is 1.40. The van der Waals surface area contributed by atoms with Gasteiger partial charge in [-0.2, -0.15) is 0 Å². The van der Waals surface area contributed by atoms with Crippen LogP contribution in [0.5, 0.6) is 0 Å². The minimum Gasteiger partial charge on any atom is -0.314 e. The average molecular weight is 179 g/mol. The zero-order valence-electron chi connectivity index (χ0n) is 8.47. The SMILES string of the molecule is C1CCC(NCC2C3CCCC32)C1. The van der Waals surface area contributed by atoms with E-state index in [0.717, 1.165) is 23.8 Å². The molecule has 2 unspecified atom stereocenters. The Morgan fingerprint density at radius 1 is 0.846 bits per heavy atom. The molecule has 1 heteroatoms. The lowest BCUT2D eigenvalue weighted by Crippen LogP contribution is -2.28. The highest BCUT2D eigenvalue weighted by Crippen LogP contribution is 2.57. The molecule has 0 saturated heterocycles. The molecular formula is C12H21N. The summed E-state index contributed by atoms with van der Waals surface area (Å²) in [6, 6.07) is 0.890. The van der Waals surface area contributed by atoms with Gasteiger partial charge in [-0.15, -0.1) is 0 Å². The van der Waals surface area contributed by atoms with Crippen molar-refractivity contribution in [1.29, 1.82) is 0 Å². The Morgan fingerprint density at radius 2 is 1.54 bits per heavy atom. The first kappa shape index (κ1) is 8.28. The second kappa shape index (κ2) is 3.27. The van der Waals surface area contributed by atoms with Gasteiger partial charge in [-0.3, -0.25) is 0 Å². The number of hydrogen-bond donors (Lipinski definition) is 1. The molecule has 0 bridgehead atoms. The van der Waals surface area contributed by atoms with Crippen molar-refractivity contribution in [3.8, 4) is 0 Å². The standard InChI is InChI=1S/C12H21N/c1-2-5-9(4-1)13-8-12-10-6-3-7-11(10)12/h9-13H,1-8H2. The van der Waals surface area contributed by atoms with E-state index in [1.807, 2.05) is 0 Å². The summed E-state index contributed by atoms with van der Waals surface area (Å²) in [5, 5.41) is 3.77. The summed E-state index contributed by atoms with van der Waals surface area (Å²) in [5.41, 5.74) is 0. The zero-order chi connectivity index (χ0) is 8.67. The maximum Gasteiger partial charge on any atom is 0.00671 e. The Morgan fingerprint density at radius 3 is 2.23 bits per heavy atom. The van der Waals surface area contributed by atoms with E-state index >= 15 is 0 Å². The number of hydrogen-bond acceptors (Lipinski definition) is 1. The van der Waals surface area contributed by atoms with Crippen LogP contribution in [0.15, 0.2) is 0 Å². The molecule has 1 nitrogen and oxygen atoms in total. The van der Waals surface area contributed by atoms with Crippen LogP contribution in [0.1, 0.15) is 44.9 Å². The van der Waals surface area contributed by atoms with Gasteiger partial charge in [0.05, 0.1) is 0 Å². The lowest BCUT2D eigenvalue weighted by atomic mass is 10.1. The van der Waals surface area contributed by atoms with Gasteiger partial charge in [0.15, 0.2) is 0 Å². The molecule has 3 aliphatic rings. The number of nitrogens with one attached hydrogen (secondary N) is 1. The van der Waals surface area contributed by atoms with Crippen LogP contribution in [0.4, 0.5) is 0 Å². The second-order valence-corrected chi connectivity index (χ2v) is 5.31. The lowest BCUT2D eigenvalue weighted by Gasteiger charge is -2.12. The van der Waals surface area contributed by atoms with Gasteiger partial charge in [0.2, 0.25) is 0 Å². The summed E-state index contributed by atoms with van der Waals surface area (Å²) in [4.78, 5) is 0. The molecule has 2 atom stereocenters. The molecule has 0 amide bonds. The fraction of sp³-hybridized carbons (Fsp3) is 1.00. The summed E-state index contributed by atoms with van der Waals surface area (Å²) >= 11 is 0. The van der Waals surface area contributed by atoms with Crippen LogP contribution in [0.25, 0.3) is 0 Å². The monoisotopic (exact) mass is 179 g/mol. The van der Waals surface area contributed by atoms with Crippen LogP contribution in [0.3, 0.4) is 0 Å². The van der Waals surface area contributed by atoms with Crippen LogP contribution in [-0.4, -0.2) is 12.6 Å². The number of fused-ring (bicyclic) bond motifs is 1. The van der Waals surface area contributed by atoms with E-state index in [4.69, 9.17) is 0 Å². The highest BCUT2D eigenvalue weighted by Gasteiger charge is 2.51. The maximum absolute atomic E-state index is 3.77. The molecule has 0 aromatic rings. The third-order valence-corrected chi connectivity index (χ3v) is 4.58. The van der Waals surface area contributed by atoms with Crippen molar-refractivity contribution in [3.05, 3.63) is 0 Å². The molecule has 3 rings (SSSR count). The maximum atomic E-state index is 3.77. The summed E-state index contributed by atoms with van der Waals surface area (Å²) in [5.74, 6) is 3.39. The quantitative estimate of drug-likeness (QED) is 0.702. The third kappa shape index (κ3) is 1.52. The minimum atomic E-state index is 0.890. The van der Waals surface area contributed by atoms with Gasteiger partial charge in [-0.1, -0.05) is 19.3 Å². The van der Waals surface area contributed by atoms with Crippen molar-refractivity contribution in [1.82, 2.24) is 5.32 Å². The van der Waals surface area contributed by atoms with Crippen molar-refractivity contribution in [2.24, 2.45) is 17.8 Å². The van der Waals surface area contributed by atoms with Gasteiger partial charge in [0, 0.05) is 6.04 Å². The topological polar surface area (TPSA) is 12.0 Å². The highest BCUT2D eigenvalue weighted by atomic mass is 14.9. The van der Waals surface area contributed by atoms with Crippen LogP contribution in [0.2, 0.25) is 0 Å². The highest BCUT2D eigenvalue weighted by molar-refractivity contribution is 5.02. The van der Waals surface area contributed by atoms with Gasteiger partial charge >= 0.3 is 0 Å². The first-order valence-electron chi connectivity index (χ1n) is 6.18. The Bertz CT molecular complexity index is 174. The molecule has 13 heavy (non-hydrogen) atoms. The fourth-order valence-corrected chi connectivity index (χ4v) is 3.71. The third-order valence-electron chi connectivity index (χ3n) is 4.58. The first-order valence-corrected chi connectivity index (χ1v) is 6.18. The first-order chi connectivity index (χ1) is 6.45. The van der Waals surface area contributed by atoms with Crippen molar-refractivity contribution in [2.45, 2.75) is 51.0 Å². The minimum absolute atomic E-state index is 0.890. The number of rotatable bonds is 3. The predicted molar refractivity (Wildman–Crippen MR) is 54.6 cm³/mol. The molecule has 3 aliphatic carbocycles. The Kier molecular flexibility index (Phi) is 2.08. The molecule has 3 fully saturated rings. The molecule has 1 N–H and O–H groups in total. The second-order valence-electron chi connectivity index (χ2n) is 5.31. The van der Waals surface area contributed by atoms with E-state index in [0.29, 0.717) is 0 Å². The van der Waals surface area contributed by atoms with Gasteiger partial charge in [0.1, 0.15) is 0 Å². The van der Waals surface area contributed by atoms with Gasteiger partial charge in [-0.05, 0) is 50.0 Å².